The van der Waals surface area contributed by atoms with Crippen LogP contribution < -0.4 is 10.5 Å². The van der Waals surface area contributed by atoms with Crippen LogP contribution in [0.4, 0.5) is 5.69 Å². The Morgan fingerprint density at radius 1 is 1.38 bits per heavy atom. The van der Waals surface area contributed by atoms with Crippen molar-refractivity contribution in [3.05, 3.63) is 24.3 Å². The van der Waals surface area contributed by atoms with Crippen molar-refractivity contribution in [2.75, 3.05) is 39.1 Å². The van der Waals surface area contributed by atoms with Crippen LogP contribution in [0, 0.1) is 0 Å². The highest BCUT2D eigenvalue weighted by Gasteiger charge is 1.98. The van der Waals surface area contributed by atoms with Crippen molar-refractivity contribution in [2.45, 2.75) is 6.42 Å². The van der Waals surface area contributed by atoms with Crippen molar-refractivity contribution in [2.24, 2.45) is 0 Å². The third-order valence-corrected chi connectivity index (χ3v) is 2.29. The van der Waals surface area contributed by atoms with Gasteiger partial charge < -0.3 is 20.5 Å². The van der Waals surface area contributed by atoms with Crippen LogP contribution in [-0.2, 0) is 0 Å². The van der Waals surface area contributed by atoms with Crippen molar-refractivity contribution in [3.63, 3.8) is 0 Å². The van der Waals surface area contributed by atoms with Gasteiger partial charge in [0.25, 0.3) is 0 Å². The number of likely N-dealkylation sites (N-methyl/N-ethyl adjacent to an activating group) is 1. The fourth-order valence-electron chi connectivity index (χ4n) is 1.41. The number of nitrogen functional groups attached to an aromatic ring is 1. The summed E-state index contributed by atoms with van der Waals surface area (Å²) in [6.07, 6.45) is 0.936. The highest BCUT2D eigenvalue weighted by Crippen LogP contribution is 2.14. The van der Waals surface area contributed by atoms with E-state index in [4.69, 9.17) is 15.6 Å². The number of aliphatic hydroxyl groups excluding tert-OH is 1. The van der Waals surface area contributed by atoms with Gasteiger partial charge in [-0.1, -0.05) is 6.07 Å². The maximum absolute atomic E-state index is 8.71. The molecule has 1 rings (SSSR count). The summed E-state index contributed by atoms with van der Waals surface area (Å²) in [5.41, 5.74) is 6.35. The summed E-state index contributed by atoms with van der Waals surface area (Å²) in [6, 6.07) is 7.43. The van der Waals surface area contributed by atoms with E-state index in [9.17, 15) is 0 Å². The Balaban J connectivity index is 2.16. The van der Waals surface area contributed by atoms with Crippen LogP contribution in [0.3, 0.4) is 0 Å². The molecule has 0 heterocycles. The smallest absolute Gasteiger partial charge is 0.121 e. The molecule has 0 spiro atoms. The number of rotatable bonds is 7. The van der Waals surface area contributed by atoms with E-state index in [-0.39, 0.29) is 6.61 Å². The van der Waals surface area contributed by atoms with Gasteiger partial charge >= 0.3 is 0 Å². The average Bonchev–Trinajstić information content (AvgIpc) is 2.25. The largest absolute Gasteiger partial charge is 0.493 e. The van der Waals surface area contributed by atoms with Crippen LogP contribution in [0.25, 0.3) is 0 Å². The summed E-state index contributed by atoms with van der Waals surface area (Å²) >= 11 is 0. The van der Waals surface area contributed by atoms with Gasteiger partial charge in [0, 0.05) is 24.8 Å². The van der Waals surface area contributed by atoms with E-state index in [1.807, 2.05) is 31.3 Å². The predicted molar refractivity (Wildman–Crippen MR) is 65.5 cm³/mol. The van der Waals surface area contributed by atoms with Gasteiger partial charge in [-0.2, -0.15) is 0 Å². The molecule has 0 unspecified atom stereocenters. The monoisotopic (exact) mass is 224 g/mol. The van der Waals surface area contributed by atoms with Crippen LogP contribution in [0.5, 0.6) is 5.75 Å². The van der Waals surface area contributed by atoms with Crippen molar-refractivity contribution in [1.82, 2.24) is 4.90 Å². The van der Waals surface area contributed by atoms with E-state index in [0.717, 1.165) is 24.4 Å². The summed E-state index contributed by atoms with van der Waals surface area (Å²) < 4.78 is 5.55. The van der Waals surface area contributed by atoms with Crippen molar-refractivity contribution in [1.29, 1.82) is 0 Å². The minimum Gasteiger partial charge on any atom is -0.493 e. The molecule has 4 heteroatoms. The molecule has 16 heavy (non-hydrogen) atoms. The van der Waals surface area contributed by atoms with Crippen LogP contribution in [0.15, 0.2) is 24.3 Å². The Kier molecular flexibility index (Phi) is 5.67. The second-order valence-corrected chi connectivity index (χ2v) is 3.80. The lowest BCUT2D eigenvalue weighted by molar-refractivity contribution is 0.207. The van der Waals surface area contributed by atoms with Crippen LogP contribution in [0.1, 0.15) is 6.42 Å². The van der Waals surface area contributed by atoms with E-state index in [1.165, 1.54) is 0 Å². The Bertz CT molecular complexity index is 305. The van der Waals surface area contributed by atoms with Gasteiger partial charge in [0.05, 0.1) is 13.2 Å². The molecule has 0 radical (unpaired) electrons. The third kappa shape index (κ3) is 5.00. The van der Waals surface area contributed by atoms with Gasteiger partial charge in [0.1, 0.15) is 5.75 Å². The highest BCUT2D eigenvalue weighted by molar-refractivity contribution is 5.43. The van der Waals surface area contributed by atoms with Crippen molar-refractivity contribution in [3.8, 4) is 5.75 Å². The standard InChI is InChI=1S/C12H20N2O2/c1-14(7-8-15)6-3-9-16-12-5-2-4-11(13)10-12/h2,4-5,10,15H,3,6-9,13H2,1H3. The lowest BCUT2D eigenvalue weighted by Crippen LogP contribution is -2.24. The summed E-state index contributed by atoms with van der Waals surface area (Å²) in [4.78, 5) is 2.07. The molecule has 1 aromatic rings. The molecule has 0 saturated carbocycles. The Morgan fingerprint density at radius 2 is 2.19 bits per heavy atom. The summed E-state index contributed by atoms with van der Waals surface area (Å²) in [6.45, 7) is 2.49. The van der Waals surface area contributed by atoms with Gasteiger partial charge in [-0.05, 0) is 25.6 Å². The zero-order valence-electron chi connectivity index (χ0n) is 9.72. The molecule has 0 aliphatic carbocycles. The van der Waals surface area contributed by atoms with Crippen molar-refractivity contribution >= 4 is 5.69 Å². The predicted octanol–water partition coefficient (Wildman–Crippen LogP) is 0.962. The van der Waals surface area contributed by atoms with E-state index in [0.29, 0.717) is 13.2 Å². The topological polar surface area (TPSA) is 58.7 Å². The second-order valence-electron chi connectivity index (χ2n) is 3.80. The van der Waals surface area contributed by atoms with Gasteiger partial charge in [0.15, 0.2) is 0 Å². The van der Waals surface area contributed by atoms with Crippen molar-refractivity contribution < 1.29 is 9.84 Å². The van der Waals surface area contributed by atoms with E-state index in [1.54, 1.807) is 0 Å². The zero-order valence-corrected chi connectivity index (χ0v) is 9.72. The van der Waals surface area contributed by atoms with Crippen LogP contribution in [0.2, 0.25) is 0 Å². The SMILES string of the molecule is CN(CCO)CCCOc1cccc(N)c1. The van der Waals surface area contributed by atoms with Gasteiger partial charge in [-0.15, -0.1) is 0 Å². The fourth-order valence-corrected chi connectivity index (χ4v) is 1.41. The van der Waals surface area contributed by atoms with Crippen LogP contribution >= 0.6 is 0 Å². The summed E-state index contributed by atoms with van der Waals surface area (Å²) in [7, 11) is 1.98. The maximum Gasteiger partial charge on any atom is 0.121 e. The number of ether oxygens (including phenoxy) is 1. The molecule has 0 fully saturated rings. The first-order valence-corrected chi connectivity index (χ1v) is 5.50. The minimum absolute atomic E-state index is 0.201. The summed E-state index contributed by atoms with van der Waals surface area (Å²) in [5.74, 6) is 0.810. The average molecular weight is 224 g/mol. The number of nitrogens with two attached hydrogens (primary N) is 1. The minimum atomic E-state index is 0.201. The first kappa shape index (κ1) is 12.8. The molecule has 0 bridgehead atoms. The molecule has 90 valence electrons. The Hall–Kier alpha value is -1.26. The molecule has 1 aromatic carbocycles. The quantitative estimate of drug-likeness (QED) is 0.535. The van der Waals surface area contributed by atoms with E-state index < -0.39 is 0 Å². The molecular weight excluding hydrogens is 204 g/mol. The van der Waals surface area contributed by atoms with Gasteiger partial charge in [-0.25, -0.2) is 0 Å². The molecule has 0 amide bonds. The number of benzene rings is 1. The molecule has 0 atom stereocenters. The molecule has 0 aromatic heterocycles. The fraction of sp³-hybridized carbons (Fsp3) is 0.500. The first-order chi connectivity index (χ1) is 7.72. The molecule has 3 N–H and O–H groups in total. The molecule has 0 saturated heterocycles. The lowest BCUT2D eigenvalue weighted by Gasteiger charge is -2.14. The molecule has 0 aliphatic rings. The Labute approximate surface area is 96.6 Å². The number of nitrogens with zero attached hydrogens (tertiary/aromatic N) is 1. The zero-order chi connectivity index (χ0) is 11.8. The van der Waals surface area contributed by atoms with Gasteiger partial charge in [0.2, 0.25) is 0 Å². The van der Waals surface area contributed by atoms with E-state index in [2.05, 4.69) is 4.90 Å². The van der Waals surface area contributed by atoms with Crippen LogP contribution in [-0.4, -0.2) is 43.4 Å². The normalized spacial score (nSPS) is 10.7. The number of hydrogen-bond acceptors (Lipinski definition) is 4. The first-order valence-electron chi connectivity index (χ1n) is 5.50. The molecule has 4 nitrogen and oxygen atoms in total. The molecule has 0 aliphatic heterocycles. The van der Waals surface area contributed by atoms with E-state index >= 15 is 0 Å². The summed E-state index contributed by atoms with van der Waals surface area (Å²) in [5, 5.41) is 8.71. The number of aliphatic hydroxyl groups is 1. The number of anilines is 1. The second kappa shape index (κ2) is 7.09. The third-order valence-electron chi connectivity index (χ3n) is 2.29. The maximum atomic E-state index is 8.71. The Morgan fingerprint density at radius 3 is 2.88 bits per heavy atom. The lowest BCUT2D eigenvalue weighted by atomic mass is 10.3. The molecular formula is C12H20N2O2. The number of hydrogen-bond donors (Lipinski definition) is 2. The van der Waals surface area contributed by atoms with Gasteiger partial charge in [-0.3, -0.25) is 0 Å². The highest BCUT2D eigenvalue weighted by atomic mass is 16.5.